The van der Waals surface area contributed by atoms with Gasteiger partial charge in [0.25, 0.3) is 5.56 Å². The van der Waals surface area contributed by atoms with Gasteiger partial charge in [-0.25, -0.2) is 9.97 Å². The van der Waals surface area contributed by atoms with Crippen molar-refractivity contribution in [1.29, 1.82) is 0 Å². The molecule has 7 nitrogen and oxygen atoms in total. The zero-order chi connectivity index (χ0) is 21.1. The molecule has 2 heterocycles. The van der Waals surface area contributed by atoms with E-state index in [4.69, 9.17) is 4.74 Å². The van der Waals surface area contributed by atoms with Gasteiger partial charge in [0.15, 0.2) is 10.3 Å². The second kappa shape index (κ2) is 8.85. The molecule has 0 aliphatic heterocycles. The van der Waals surface area contributed by atoms with E-state index in [1.54, 1.807) is 17.7 Å². The average molecular weight is 441 g/mol. The van der Waals surface area contributed by atoms with Gasteiger partial charge < -0.3 is 10.1 Å². The fraction of sp³-hybridized carbons (Fsp3) is 0.238. The molecule has 2 aromatic carbocycles. The number of hydrogen-bond acceptors (Lipinski definition) is 7. The lowest BCUT2D eigenvalue weighted by Crippen LogP contribution is -2.22. The monoisotopic (exact) mass is 440 g/mol. The minimum Gasteiger partial charge on any atom is -0.497 e. The summed E-state index contributed by atoms with van der Waals surface area (Å²) in [7, 11) is 1.62. The molecule has 0 aliphatic carbocycles. The molecule has 4 rings (SSSR count). The van der Waals surface area contributed by atoms with Gasteiger partial charge in [-0.1, -0.05) is 35.2 Å². The molecule has 9 heteroatoms. The van der Waals surface area contributed by atoms with E-state index in [0.29, 0.717) is 33.5 Å². The number of thioether (sulfide) groups is 1. The Bertz CT molecular complexity index is 1280. The summed E-state index contributed by atoms with van der Waals surface area (Å²) in [6, 6.07) is 12.9. The summed E-state index contributed by atoms with van der Waals surface area (Å²) in [5.41, 5.74) is 1.43. The number of fused-ring (bicyclic) bond motifs is 2. The Morgan fingerprint density at radius 1 is 1.20 bits per heavy atom. The molecular formula is C21H20N4O3S2. The summed E-state index contributed by atoms with van der Waals surface area (Å²) in [5, 5.41) is 4.64. The van der Waals surface area contributed by atoms with Crippen LogP contribution in [0.3, 0.4) is 0 Å². The molecular weight excluding hydrogens is 420 g/mol. The van der Waals surface area contributed by atoms with E-state index in [2.05, 4.69) is 15.3 Å². The first-order valence-electron chi connectivity index (χ1n) is 9.46. The number of nitrogens with one attached hydrogen (secondary N) is 1. The first kappa shape index (κ1) is 20.4. The van der Waals surface area contributed by atoms with Crippen molar-refractivity contribution in [3.8, 4) is 5.75 Å². The second-order valence-corrected chi connectivity index (χ2v) is 8.55. The van der Waals surface area contributed by atoms with Crippen LogP contribution in [0.15, 0.2) is 52.4 Å². The number of amides is 1. The van der Waals surface area contributed by atoms with Crippen LogP contribution in [0.2, 0.25) is 0 Å². The highest BCUT2D eigenvalue weighted by Crippen LogP contribution is 2.29. The number of nitrogens with zero attached hydrogens (tertiary/aromatic N) is 3. The second-order valence-electron chi connectivity index (χ2n) is 6.46. The van der Waals surface area contributed by atoms with Gasteiger partial charge in [-0.2, -0.15) is 0 Å². The van der Waals surface area contributed by atoms with Crippen molar-refractivity contribution >= 4 is 55.3 Å². The highest BCUT2D eigenvalue weighted by molar-refractivity contribution is 7.99. The van der Waals surface area contributed by atoms with Crippen molar-refractivity contribution in [3.05, 3.63) is 52.8 Å². The number of hydrogen-bond donors (Lipinski definition) is 1. The number of rotatable bonds is 7. The number of methoxy groups -OCH3 is 1. The molecule has 0 bridgehead atoms. The van der Waals surface area contributed by atoms with Crippen LogP contribution in [0.25, 0.3) is 21.1 Å². The molecule has 0 spiro atoms. The molecule has 154 valence electrons. The van der Waals surface area contributed by atoms with Crippen molar-refractivity contribution in [2.45, 2.75) is 25.0 Å². The van der Waals surface area contributed by atoms with Gasteiger partial charge in [0, 0.05) is 18.7 Å². The van der Waals surface area contributed by atoms with E-state index < -0.39 is 0 Å². The van der Waals surface area contributed by atoms with Gasteiger partial charge in [-0.3, -0.25) is 14.2 Å². The maximum absolute atomic E-state index is 12.7. The number of aromatic nitrogens is 3. The van der Waals surface area contributed by atoms with Crippen molar-refractivity contribution in [2.24, 2.45) is 0 Å². The summed E-state index contributed by atoms with van der Waals surface area (Å²) in [6.45, 7) is 2.44. The minimum absolute atomic E-state index is 0.0556. The Hall–Kier alpha value is -2.91. The highest BCUT2D eigenvalue weighted by atomic mass is 32.2. The smallest absolute Gasteiger partial charge is 0.262 e. The Labute approximate surface area is 181 Å². The Balaban J connectivity index is 1.42. The number of benzene rings is 2. The zero-order valence-corrected chi connectivity index (χ0v) is 18.2. The quantitative estimate of drug-likeness (QED) is 0.343. The van der Waals surface area contributed by atoms with E-state index in [-0.39, 0.29) is 17.9 Å². The van der Waals surface area contributed by atoms with E-state index in [9.17, 15) is 9.59 Å². The molecule has 30 heavy (non-hydrogen) atoms. The average Bonchev–Trinajstić information content (AvgIpc) is 3.15. The molecule has 0 radical (unpaired) electrons. The van der Waals surface area contributed by atoms with Crippen molar-refractivity contribution < 1.29 is 9.53 Å². The number of carbonyl (C=O) groups is 1. The van der Waals surface area contributed by atoms with Crippen LogP contribution in [-0.4, -0.2) is 33.3 Å². The van der Waals surface area contributed by atoms with E-state index in [1.807, 2.05) is 43.3 Å². The standard InChI is InChI=1S/C21H20N4O3S2/c1-3-25-19(27)14-6-4-5-7-15(14)23-21(25)29-11-10-18(26)24-20-22-16-9-8-13(28-2)12-17(16)30-20/h4-9,12H,3,10-11H2,1-2H3,(H,22,24,26). The number of ether oxygens (including phenoxy) is 1. The van der Waals surface area contributed by atoms with Crippen LogP contribution >= 0.6 is 23.1 Å². The van der Waals surface area contributed by atoms with Gasteiger partial charge >= 0.3 is 0 Å². The predicted molar refractivity (Wildman–Crippen MR) is 122 cm³/mol. The molecule has 1 amide bonds. The number of thiazole rings is 1. The summed E-state index contributed by atoms with van der Waals surface area (Å²) in [4.78, 5) is 34.1. The van der Waals surface area contributed by atoms with E-state index >= 15 is 0 Å². The SMILES string of the molecule is CCn1c(SCCC(=O)Nc2nc3ccc(OC)cc3s2)nc2ccccc2c1=O. The normalized spacial score (nSPS) is 11.1. The first-order valence-corrected chi connectivity index (χ1v) is 11.3. The van der Waals surface area contributed by atoms with Crippen molar-refractivity contribution in [2.75, 3.05) is 18.2 Å². The molecule has 0 saturated carbocycles. The summed E-state index contributed by atoms with van der Waals surface area (Å²) in [5.74, 6) is 1.14. The fourth-order valence-corrected chi connectivity index (χ4v) is 4.95. The van der Waals surface area contributed by atoms with Crippen molar-refractivity contribution in [1.82, 2.24) is 14.5 Å². The lowest BCUT2D eigenvalue weighted by molar-refractivity contribution is -0.115. The highest BCUT2D eigenvalue weighted by Gasteiger charge is 2.12. The van der Waals surface area contributed by atoms with Crippen LogP contribution in [0.4, 0.5) is 5.13 Å². The third kappa shape index (κ3) is 4.17. The first-order chi connectivity index (χ1) is 14.6. The molecule has 0 aliphatic rings. The van der Waals surface area contributed by atoms with Gasteiger partial charge in [0.1, 0.15) is 5.75 Å². The largest absolute Gasteiger partial charge is 0.497 e. The topological polar surface area (TPSA) is 86.1 Å². The Kier molecular flexibility index (Phi) is 6.01. The Morgan fingerprint density at radius 2 is 2.03 bits per heavy atom. The molecule has 1 N–H and O–H groups in total. The summed E-state index contributed by atoms with van der Waals surface area (Å²) < 4.78 is 7.82. The summed E-state index contributed by atoms with van der Waals surface area (Å²) in [6.07, 6.45) is 0.288. The van der Waals surface area contributed by atoms with E-state index in [0.717, 1.165) is 16.0 Å². The molecule has 0 fully saturated rings. The Morgan fingerprint density at radius 3 is 2.83 bits per heavy atom. The molecule has 4 aromatic rings. The van der Waals surface area contributed by atoms with Gasteiger partial charge in [-0.05, 0) is 37.3 Å². The van der Waals surface area contributed by atoms with Crippen LogP contribution in [-0.2, 0) is 11.3 Å². The van der Waals surface area contributed by atoms with Crippen LogP contribution < -0.4 is 15.6 Å². The van der Waals surface area contributed by atoms with Crippen LogP contribution in [0.1, 0.15) is 13.3 Å². The lowest BCUT2D eigenvalue weighted by atomic mass is 10.2. The van der Waals surface area contributed by atoms with Gasteiger partial charge in [0.05, 0.1) is 28.2 Å². The molecule has 0 unspecified atom stereocenters. The number of carbonyl (C=O) groups excluding carboxylic acids is 1. The maximum atomic E-state index is 12.7. The lowest BCUT2D eigenvalue weighted by Gasteiger charge is -2.10. The third-order valence-electron chi connectivity index (χ3n) is 4.55. The van der Waals surface area contributed by atoms with Crippen LogP contribution in [0.5, 0.6) is 5.75 Å². The van der Waals surface area contributed by atoms with Crippen LogP contribution in [0, 0.1) is 0 Å². The zero-order valence-electron chi connectivity index (χ0n) is 16.5. The van der Waals surface area contributed by atoms with Gasteiger partial charge in [-0.15, -0.1) is 0 Å². The number of anilines is 1. The molecule has 0 saturated heterocycles. The third-order valence-corrected chi connectivity index (χ3v) is 6.46. The van der Waals surface area contributed by atoms with Crippen molar-refractivity contribution in [3.63, 3.8) is 0 Å². The molecule has 2 aromatic heterocycles. The maximum Gasteiger partial charge on any atom is 0.262 e. The van der Waals surface area contributed by atoms with Gasteiger partial charge in [0.2, 0.25) is 5.91 Å². The van der Waals surface area contributed by atoms with E-state index in [1.165, 1.54) is 23.1 Å². The predicted octanol–water partition coefficient (Wildman–Crippen LogP) is 4.16. The number of para-hydroxylation sites is 1. The minimum atomic E-state index is -0.125. The fourth-order valence-electron chi connectivity index (χ4n) is 3.04. The summed E-state index contributed by atoms with van der Waals surface area (Å²) >= 11 is 2.81. The molecule has 0 atom stereocenters.